The van der Waals surface area contributed by atoms with Crippen LogP contribution in [0.5, 0.6) is 11.5 Å². The topological polar surface area (TPSA) is 66.8 Å². The molecule has 0 unspecified atom stereocenters. The molecule has 24 heavy (non-hydrogen) atoms. The van der Waals surface area contributed by atoms with Crippen LogP contribution in [0.4, 0.5) is 0 Å². The Morgan fingerprint density at radius 2 is 1.62 bits per heavy atom. The van der Waals surface area contributed by atoms with Crippen molar-refractivity contribution in [2.24, 2.45) is 0 Å². The third-order valence-electron chi connectivity index (χ3n) is 4.38. The van der Waals surface area contributed by atoms with Crippen LogP contribution in [0.15, 0.2) is 24.3 Å². The van der Waals surface area contributed by atoms with E-state index in [0.717, 1.165) is 23.1 Å². The minimum absolute atomic E-state index is 0.112. The van der Waals surface area contributed by atoms with Crippen LogP contribution < -0.4 is 4.74 Å². The van der Waals surface area contributed by atoms with Crippen molar-refractivity contribution in [1.29, 1.82) is 0 Å². The summed E-state index contributed by atoms with van der Waals surface area (Å²) < 4.78 is 5.21. The highest BCUT2D eigenvalue weighted by atomic mass is 16.5. The molecule has 0 aromatic heterocycles. The minimum Gasteiger partial charge on any atom is -0.507 e. The molecule has 0 aliphatic rings. The minimum atomic E-state index is -0.477. The predicted molar refractivity (Wildman–Crippen MR) is 93.4 cm³/mol. The molecule has 0 fully saturated rings. The maximum absolute atomic E-state index is 11.3. The number of benzene rings is 2. The second-order valence-electron chi connectivity index (χ2n) is 5.98. The van der Waals surface area contributed by atoms with Gasteiger partial charge in [0.2, 0.25) is 0 Å². The van der Waals surface area contributed by atoms with Gasteiger partial charge < -0.3 is 14.9 Å². The lowest BCUT2D eigenvalue weighted by molar-refractivity contribution is -0.132. The van der Waals surface area contributed by atoms with E-state index in [0.29, 0.717) is 17.5 Å². The molecule has 0 atom stereocenters. The summed E-state index contributed by atoms with van der Waals surface area (Å²) in [6, 6.07) is 8.25. The first kappa shape index (κ1) is 18.0. The van der Waals surface area contributed by atoms with E-state index in [4.69, 9.17) is 4.74 Å². The van der Waals surface area contributed by atoms with E-state index in [1.165, 1.54) is 12.5 Å². The Balaban J connectivity index is 2.49. The molecule has 0 bridgehead atoms. The van der Waals surface area contributed by atoms with Gasteiger partial charge in [-0.25, -0.2) is 0 Å². The van der Waals surface area contributed by atoms with Crippen LogP contribution in [-0.4, -0.2) is 16.2 Å². The summed E-state index contributed by atoms with van der Waals surface area (Å²) in [7, 11) is 0. The van der Waals surface area contributed by atoms with Crippen molar-refractivity contribution < 1.29 is 19.7 Å². The fraction of sp³-hybridized carbons (Fsp3) is 0.350. The number of carbonyl (C=O) groups is 1. The number of aryl methyl sites for hydroxylation is 1. The van der Waals surface area contributed by atoms with Crippen molar-refractivity contribution in [3.63, 3.8) is 0 Å². The summed E-state index contributed by atoms with van der Waals surface area (Å²) in [6.07, 6.45) is 1.53. The first-order chi connectivity index (χ1) is 11.4. The number of esters is 1. The molecule has 128 valence electrons. The van der Waals surface area contributed by atoms with Crippen LogP contribution in [-0.2, 0) is 24.2 Å². The molecule has 2 N–H and O–H groups in total. The third-order valence-corrected chi connectivity index (χ3v) is 4.38. The van der Waals surface area contributed by atoms with Gasteiger partial charge in [-0.05, 0) is 37.0 Å². The molecule has 0 saturated heterocycles. The number of carbonyl (C=O) groups excluding carboxylic acids is 1. The van der Waals surface area contributed by atoms with Crippen LogP contribution >= 0.6 is 0 Å². The van der Waals surface area contributed by atoms with Crippen molar-refractivity contribution >= 4 is 5.97 Å². The van der Waals surface area contributed by atoms with Crippen molar-refractivity contribution in [1.82, 2.24) is 0 Å². The number of phenolic OH excluding ortho intramolecular Hbond substituents is 1. The molecular weight excluding hydrogens is 304 g/mol. The van der Waals surface area contributed by atoms with Gasteiger partial charge in [0.1, 0.15) is 11.5 Å². The van der Waals surface area contributed by atoms with Crippen molar-refractivity contribution in [3.05, 3.63) is 57.6 Å². The highest BCUT2D eigenvalue weighted by Gasteiger charge is 2.21. The molecule has 0 amide bonds. The van der Waals surface area contributed by atoms with E-state index < -0.39 is 5.97 Å². The Hall–Kier alpha value is -2.33. The van der Waals surface area contributed by atoms with E-state index in [9.17, 15) is 15.0 Å². The molecule has 0 aliphatic heterocycles. The summed E-state index contributed by atoms with van der Waals surface area (Å²) >= 11 is 0. The van der Waals surface area contributed by atoms with Crippen LogP contribution in [0.3, 0.4) is 0 Å². The third kappa shape index (κ3) is 3.60. The van der Waals surface area contributed by atoms with E-state index in [-0.39, 0.29) is 18.1 Å². The zero-order valence-corrected chi connectivity index (χ0v) is 14.6. The van der Waals surface area contributed by atoms with E-state index in [1.807, 2.05) is 19.1 Å². The van der Waals surface area contributed by atoms with Crippen LogP contribution in [0.2, 0.25) is 0 Å². The summed E-state index contributed by atoms with van der Waals surface area (Å²) in [5, 5.41) is 20.3. The lowest BCUT2D eigenvalue weighted by Crippen LogP contribution is -2.09. The van der Waals surface area contributed by atoms with E-state index in [1.54, 1.807) is 6.92 Å². The van der Waals surface area contributed by atoms with Crippen molar-refractivity contribution in [2.45, 2.75) is 47.1 Å². The number of aromatic hydroxyl groups is 1. The highest BCUT2D eigenvalue weighted by molar-refractivity contribution is 5.72. The smallest absolute Gasteiger partial charge is 0.308 e. The summed E-state index contributed by atoms with van der Waals surface area (Å²) in [6.45, 7) is 6.67. The largest absolute Gasteiger partial charge is 0.507 e. The molecular formula is C20H24O4. The summed E-state index contributed by atoms with van der Waals surface area (Å²) in [4.78, 5) is 11.3. The average molecular weight is 328 g/mol. The molecule has 0 heterocycles. The van der Waals surface area contributed by atoms with Gasteiger partial charge in [-0.1, -0.05) is 31.2 Å². The summed E-state index contributed by atoms with van der Waals surface area (Å²) in [5.74, 6) is -0.111. The molecule has 4 nitrogen and oxygen atoms in total. The van der Waals surface area contributed by atoms with E-state index >= 15 is 0 Å². The van der Waals surface area contributed by atoms with Crippen molar-refractivity contribution in [3.8, 4) is 11.5 Å². The Morgan fingerprint density at radius 3 is 2.12 bits per heavy atom. The molecule has 0 saturated carbocycles. The fourth-order valence-electron chi connectivity index (χ4n) is 2.88. The summed E-state index contributed by atoms with van der Waals surface area (Å²) in [5.41, 5.74) is 4.85. The highest BCUT2D eigenvalue weighted by Crippen LogP contribution is 2.39. The molecule has 2 aromatic rings. The van der Waals surface area contributed by atoms with Gasteiger partial charge in [-0.15, -0.1) is 0 Å². The quantitative estimate of drug-likeness (QED) is 0.650. The Kier molecular flexibility index (Phi) is 5.62. The van der Waals surface area contributed by atoms with Gasteiger partial charge in [-0.2, -0.15) is 0 Å². The van der Waals surface area contributed by atoms with Gasteiger partial charge in [0.05, 0.1) is 6.61 Å². The van der Waals surface area contributed by atoms with Gasteiger partial charge in [0.15, 0.2) is 0 Å². The molecule has 0 spiro atoms. The Labute approximate surface area is 142 Å². The maximum atomic E-state index is 11.3. The number of ether oxygens (including phenoxy) is 1. The van der Waals surface area contributed by atoms with Gasteiger partial charge in [-0.3, -0.25) is 4.79 Å². The SMILES string of the molecule is CCc1ccc(Cc2c(C)c(CO)c(OC(C)=O)c(C)c2O)cc1. The number of hydrogen-bond donors (Lipinski definition) is 2. The lowest BCUT2D eigenvalue weighted by Gasteiger charge is -2.19. The van der Waals surface area contributed by atoms with Crippen LogP contribution in [0, 0.1) is 13.8 Å². The lowest BCUT2D eigenvalue weighted by atomic mass is 9.92. The number of rotatable bonds is 5. The second kappa shape index (κ2) is 7.49. The number of aliphatic hydroxyl groups is 1. The number of aliphatic hydroxyl groups excluding tert-OH is 1. The first-order valence-corrected chi connectivity index (χ1v) is 8.09. The molecule has 2 rings (SSSR count). The molecule has 0 radical (unpaired) electrons. The first-order valence-electron chi connectivity index (χ1n) is 8.09. The molecule has 4 heteroatoms. The van der Waals surface area contributed by atoms with E-state index in [2.05, 4.69) is 19.1 Å². The number of hydrogen-bond acceptors (Lipinski definition) is 4. The fourth-order valence-corrected chi connectivity index (χ4v) is 2.88. The van der Waals surface area contributed by atoms with Gasteiger partial charge in [0.25, 0.3) is 0 Å². The normalized spacial score (nSPS) is 10.7. The van der Waals surface area contributed by atoms with Crippen LogP contribution in [0.25, 0.3) is 0 Å². The zero-order valence-electron chi connectivity index (χ0n) is 14.6. The maximum Gasteiger partial charge on any atom is 0.308 e. The van der Waals surface area contributed by atoms with Gasteiger partial charge in [0, 0.05) is 30.0 Å². The Bertz CT molecular complexity index is 745. The monoisotopic (exact) mass is 328 g/mol. The zero-order chi connectivity index (χ0) is 17.9. The van der Waals surface area contributed by atoms with Crippen molar-refractivity contribution in [2.75, 3.05) is 0 Å². The average Bonchev–Trinajstić information content (AvgIpc) is 2.57. The predicted octanol–water partition coefficient (Wildman–Crippen LogP) is 3.58. The number of phenols is 1. The Morgan fingerprint density at radius 1 is 1.04 bits per heavy atom. The van der Waals surface area contributed by atoms with Crippen LogP contribution in [0.1, 0.15) is 47.2 Å². The second-order valence-corrected chi connectivity index (χ2v) is 5.98. The standard InChI is InChI=1S/C20H24O4/c1-5-15-6-8-16(9-7-15)10-17-12(2)18(11-21)20(24-14(4)22)13(3)19(17)23/h6-9,21,23H,5,10-11H2,1-4H3. The molecule has 2 aromatic carbocycles. The molecule has 0 aliphatic carbocycles. The van der Waals surface area contributed by atoms with Gasteiger partial charge >= 0.3 is 5.97 Å².